The zero-order valence-electron chi connectivity index (χ0n) is 13.0. The summed E-state index contributed by atoms with van der Waals surface area (Å²) in [4.78, 5) is 20.2. The van der Waals surface area contributed by atoms with Crippen LogP contribution in [0.3, 0.4) is 0 Å². The highest BCUT2D eigenvalue weighted by molar-refractivity contribution is 5.88. The molecule has 0 amide bonds. The van der Waals surface area contributed by atoms with Gasteiger partial charge in [-0.05, 0) is 31.5 Å². The van der Waals surface area contributed by atoms with Crippen molar-refractivity contribution in [3.63, 3.8) is 0 Å². The van der Waals surface area contributed by atoms with Crippen molar-refractivity contribution in [1.82, 2.24) is 14.5 Å². The fourth-order valence-corrected chi connectivity index (χ4v) is 2.71. The van der Waals surface area contributed by atoms with E-state index in [-0.39, 0.29) is 5.69 Å². The number of hydrogen-bond acceptors (Lipinski definition) is 3. The van der Waals surface area contributed by atoms with E-state index in [1.807, 2.05) is 43.3 Å². The molecule has 2 aromatic heterocycles. The van der Waals surface area contributed by atoms with E-state index in [9.17, 15) is 9.90 Å². The molecule has 0 spiro atoms. The number of rotatable bonds is 4. The lowest BCUT2D eigenvalue weighted by Gasteiger charge is -2.11. The molecule has 0 unspecified atom stereocenters. The van der Waals surface area contributed by atoms with E-state index in [4.69, 9.17) is 0 Å². The van der Waals surface area contributed by atoms with E-state index in [1.54, 1.807) is 23.9 Å². The summed E-state index contributed by atoms with van der Waals surface area (Å²) < 4.78 is 1.74. The van der Waals surface area contributed by atoms with Gasteiger partial charge in [0.2, 0.25) is 0 Å². The molecule has 3 aromatic rings. The number of aryl methyl sites for hydroxylation is 2. The van der Waals surface area contributed by atoms with E-state index in [0.29, 0.717) is 18.1 Å². The Bertz CT molecular complexity index is 854. The summed E-state index contributed by atoms with van der Waals surface area (Å²) in [7, 11) is 0. The molecule has 5 heteroatoms. The first-order chi connectivity index (χ1) is 11.1. The van der Waals surface area contributed by atoms with Crippen molar-refractivity contribution < 1.29 is 9.90 Å². The van der Waals surface area contributed by atoms with Gasteiger partial charge in [0.1, 0.15) is 5.82 Å². The summed E-state index contributed by atoms with van der Waals surface area (Å²) in [6, 6.07) is 11.7. The molecule has 116 valence electrons. The molecule has 0 aliphatic carbocycles. The lowest BCUT2D eigenvalue weighted by Crippen LogP contribution is -2.12. The van der Waals surface area contributed by atoms with Crippen LogP contribution in [0.2, 0.25) is 0 Å². The van der Waals surface area contributed by atoms with Gasteiger partial charge in [-0.2, -0.15) is 0 Å². The number of pyridine rings is 1. The van der Waals surface area contributed by atoms with Crippen LogP contribution in [0.1, 0.15) is 27.3 Å². The smallest absolute Gasteiger partial charge is 0.354 e. The van der Waals surface area contributed by atoms with Crippen LogP contribution in [0.25, 0.3) is 11.4 Å². The van der Waals surface area contributed by atoms with Gasteiger partial charge in [0.15, 0.2) is 5.69 Å². The number of carboxylic acid groups (broad SMARTS) is 1. The molecule has 0 aliphatic heterocycles. The first kappa shape index (κ1) is 15.0. The van der Waals surface area contributed by atoms with Crippen molar-refractivity contribution in [2.75, 3.05) is 0 Å². The Hall–Kier alpha value is -2.95. The van der Waals surface area contributed by atoms with Crippen LogP contribution in [0.5, 0.6) is 0 Å². The molecule has 0 atom stereocenters. The number of carbonyl (C=O) groups is 1. The van der Waals surface area contributed by atoms with E-state index in [0.717, 1.165) is 16.7 Å². The Morgan fingerprint density at radius 1 is 1.22 bits per heavy atom. The second-order valence-corrected chi connectivity index (χ2v) is 5.49. The number of hydrogen-bond donors (Lipinski definition) is 1. The SMILES string of the molecule is Cc1cccc(Cn2c(-c3cccnc3)nc(C)c2C(=O)O)c1. The summed E-state index contributed by atoms with van der Waals surface area (Å²) in [5.41, 5.74) is 3.69. The van der Waals surface area contributed by atoms with Gasteiger partial charge in [-0.15, -0.1) is 0 Å². The molecular formula is C18H17N3O2. The fourth-order valence-electron chi connectivity index (χ4n) is 2.71. The lowest BCUT2D eigenvalue weighted by molar-refractivity contribution is 0.0685. The highest BCUT2D eigenvalue weighted by Crippen LogP contribution is 2.23. The average Bonchev–Trinajstić information content (AvgIpc) is 2.84. The molecule has 23 heavy (non-hydrogen) atoms. The molecule has 0 bridgehead atoms. The number of aromatic carboxylic acids is 1. The number of aromatic nitrogens is 3. The van der Waals surface area contributed by atoms with E-state index in [2.05, 4.69) is 9.97 Å². The number of imidazole rings is 1. The van der Waals surface area contributed by atoms with Crippen molar-refractivity contribution in [2.24, 2.45) is 0 Å². The lowest BCUT2D eigenvalue weighted by atomic mass is 10.1. The van der Waals surface area contributed by atoms with Gasteiger partial charge in [0.05, 0.1) is 5.69 Å². The predicted octanol–water partition coefficient (Wildman–Crippen LogP) is 3.31. The van der Waals surface area contributed by atoms with Crippen LogP contribution in [0.15, 0.2) is 48.8 Å². The van der Waals surface area contributed by atoms with Crippen molar-refractivity contribution in [1.29, 1.82) is 0 Å². The number of carboxylic acids is 1. The second kappa shape index (κ2) is 6.04. The Labute approximate surface area is 134 Å². The van der Waals surface area contributed by atoms with E-state index < -0.39 is 5.97 Å². The van der Waals surface area contributed by atoms with Gasteiger partial charge < -0.3 is 9.67 Å². The minimum atomic E-state index is -0.974. The molecule has 0 radical (unpaired) electrons. The molecule has 5 nitrogen and oxygen atoms in total. The number of nitrogens with zero attached hydrogens (tertiary/aromatic N) is 3. The van der Waals surface area contributed by atoms with E-state index in [1.165, 1.54) is 0 Å². The van der Waals surface area contributed by atoms with Crippen molar-refractivity contribution in [3.8, 4) is 11.4 Å². The molecule has 2 heterocycles. The largest absolute Gasteiger partial charge is 0.477 e. The van der Waals surface area contributed by atoms with E-state index >= 15 is 0 Å². The third-order valence-electron chi connectivity index (χ3n) is 3.69. The quantitative estimate of drug-likeness (QED) is 0.803. The van der Waals surface area contributed by atoms with Crippen molar-refractivity contribution in [2.45, 2.75) is 20.4 Å². The Morgan fingerprint density at radius 2 is 2.04 bits per heavy atom. The highest BCUT2D eigenvalue weighted by Gasteiger charge is 2.21. The van der Waals surface area contributed by atoms with Gasteiger partial charge in [-0.3, -0.25) is 4.98 Å². The Morgan fingerprint density at radius 3 is 2.70 bits per heavy atom. The van der Waals surface area contributed by atoms with Gasteiger partial charge in [0.25, 0.3) is 0 Å². The average molecular weight is 307 g/mol. The van der Waals surface area contributed by atoms with Crippen LogP contribution in [-0.4, -0.2) is 25.6 Å². The zero-order valence-corrected chi connectivity index (χ0v) is 13.0. The summed E-state index contributed by atoms with van der Waals surface area (Å²) >= 11 is 0. The molecule has 1 aromatic carbocycles. The predicted molar refractivity (Wildman–Crippen MR) is 87.4 cm³/mol. The van der Waals surface area contributed by atoms with Gasteiger partial charge >= 0.3 is 5.97 Å². The normalized spacial score (nSPS) is 10.7. The summed E-state index contributed by atoms with van der Waals surface area (Å²) in [6.07, 6.45) is 3.38. The molecule has 3 rings (SSSR count). The highest BCUT2D eigenvalue weighted by atomic mass is 16.4. The molecule has 0 fully saturated rings. The maximum atomic E-state index is 11.7. The van der Waals surface area contributed by atoms with Crippen molar-refractivity contribution >= 4 is 5.97 Å². The van der Waals surface area contributed by atoms with Gasteiger partial charge in [-0.25, -0.2) is 9.78 Å². The maximum Gasteiger partial charge on any atom is 0.354 e. The summed E-state index contributed by atoms with van der Waals surface area (Å²) in [5.74, 6) is -0.354. The van der Waals surface area contributed by atoms with Crippen LogP contribution >= 0.6 is 0 Å². The Balaban J connectivity index is 2.14. The monoisotopic (exact) mass is 307 g/mol. The minimum absolute atomic E-state index is 0.213. The summed E-state index contributed by atoms with van der Waals surface area (Å²) in [5, 5.41) is 9.56. The van der Waals surface area contributed by atoms with Crippen LogP contribution in [0, 0.1) is 13.8 Å². The third-order valence-corrected chi connectivity index (χ3v) is 3.69. The maximum absolute atomic E-state index is 11.7. The molecule has 0 saturated carbocycles. The second-order valence-electron chi connectivity index (χ2n) is 5.49. The zero-order chi connectivity index (χ0) is 16.4. The first-order valence-electron chi connectivity index (χ1n) is 7.32. The first-order valence-corrected chi connectivity index (χ1v) is 7.32. The standard InChI is InChI=1S/C18H17N3O2/c1-12-5-3-6-14(9-12)11-21-16(18(22)23)13(2)20-17(21)15-7-4-8-19-10-15/h3-10H,11H2,1-2H3,(H,22,23). The molecule has 0 aliphatic rings. The van der Waals surface area contributed by atoms with Crippen LogP contribution in [0.4, 0.5) is 0 Å². The Kier molecular flexibility index (Phi) is 3.93. The van der Waals surface area contributed by atoms with Gasteiger partial charge in [-0.1, -0.05) is 29.8 Å². The minimum Gasteiger partial charge on any atom is -0.477 e. The number of benzene rings is 1. The van der Waals surface area contributed by atoms with Crippen LogP contribution < -0.4 is 0 Å². The van der Waals surface area contributed by atoms with Crippen LogP contribution in [-0.2, 0) is 6.54 Å². The molecule has 0 saturated heterocycles. The third kappa shape index (κ3) is 2.99. The molecule has 1 N–H and O–H groups in total. The fraction of sp³-hybridized carbons (Fsp3) is 0.167. The summed E-state index contributed by atoms with van der Waals surface area (Å²) in [6.45, 7) is 4.19. The molecular weight excluding hydrogens is 290 g/mol. The van der Waals surface area contributed by atoms with Crippen molar-refractivity contribution in [3.05, 3.63) is 71.3 Å². The van der Waals surface area contributed by atoms with Gasteiger partial charge in [0, 0.05) is 24.5 Å². The topological polar surface area (TPSA) is 68.0 Å².